The van der Waals surface area contributed by atoms with Crippen molar-refractivity contribution >= 4 is 11.6 Å². The average Bonchev–Trinajstić information content (AvgIpc) is 3.12. The van der Waals surface area contributed by atoms with Gasteiger partial charge in [-0.25, -0.2) is 0 Å². The summed E-state index contributed by atoms with van der Waals surface area (Å²) < 4.78 is 0. The van der Waals surface area contributed by atoms with Gasteiger partial charge in [0.15, 0.2) is 0 Å². The lowest BCUT2D eigenvalue weighted by atomic mass is 10.1. The van der Waals surface area contributed by atoms with Gasteiger partial charge in [-0.2, -0.15) is 0 Å². The highest BCUT2D eigenvalue weighted by atomic mass is 16.3. The van der Waals surface area contributed by atoms with E-state index < -0.39 is 5.60 Å². The van der Waals surface area contributed by atoms with Crippen molar-refractivity contribution in [3.8, 4) is 0 Å². The quantitative estimate of drug-likeness (QED) is 0.845. The predicted molar refractivity (Wildman–Crippen MR) is 69.4 cm³/mol. The smallest absolute Gasteiger partial charge is 0.241 e. The highest BCUT2D eigenvalue weighted by Crippen LogP contribution is 2.45. The summed E-state index contributed by atoms with van der Waals surface area (Å²) >= 11 is 0. The van der Waals surface area contributed by atoms with Gasteiger partial charge in [-0.3, -0.25) is 4.79 Å². The number of carbonyl (C=O) groups excluding carboxylic acids is 1. The third kappa shape index (κ3) is 1.97. The number of likely N-dealkylation sites (N-methyl/N-ethyl adjacent to an activating group) is 1. The Morgan fingerprint density at radius 3 is 2.39 bits per heavy atom. The Bertz CT molecular complexity index is 465. The van der Waals surface area contributed by atoms with Gasteiger partial charge in [-0.15, -0.1) is 0 Å². The van der Waals surface area contributed by atoms with Crippen molar-refractivity contribution in [1.82, 2.24) is 4.90 Å². The largest absolute Gasteiger partial charge is 0.385 e. The molecule has 1 saturated heterocycles. The Kier molecular flexibility index (Phi) is 2.55. The predicted octanol–water partition coefficient (Wildman–Crippen LogP) is 0.946. The number of rotatable bonds is 2. The lowest BCUT2D eigenvalue weighted by Gasteiger charge is -2.33. The van der Waals surface area contributed by atoms with Crippen LogP contribution in [-0.2, 0) is 10.4 Å². The summed E-state index contributed by atoms with van der Waals surface area (Å²) in [6.45, 7) is 2.08. The first kappa shape index (κ1) is 11.5. The highest BCUT2D eigenvalue weighted by Gasteiger charge is 2.41. The minimum atomic E-state index is -0.573. The standard InChI is InChI=1S/C14H18N2O2/c1-15-8-9-16(10-13(15)17)12-4-2-11(3-5-12)14(18)6-7-14/h2-5,18H,6-10H2,1H3. The number of piperazine rings is 1. The number of nitrogens with zero attached hydrogens (tertiary/aromatic N) is 2. The number of hydrogen-bond donors (Lipinski definition) is 1. The minimum Gasteiger partial charge on any atom is -0.385 e. The van der Waals surface area contributed by atoms with E-state index in [1.54, 1.807) is 4.90 Å². The van der Waals surface area contributed by atoms with E-state index in [0.29, 0.717) is 6.54 Å². The van der Waals surface area contributed by atoms with Crippen molar-refractivity contribution in [3.05, 3.63) is 29.8 Å². The Morgan fingerprint density at radius 1 is 1.17 bits per heavy atom. The average molecular weight is 246 g/mol. The van der Waals surface area contributed by atoms with Crippen LogP contribution in [0.5, 0.6) is 0 Å². The van der Waals surface area contributed by atoms with E-state index in [1.165, 1.54) is 0 Å². The molecule has 0 radical (unpaired) electrons. The van der Waals surface area contributed by atoms with E-state index in [4.69, 9.17) is 0 Å². The summed E-state index contributed by atoms with van der Waals surface area (Å²) in [6, 6.07) is 7.96. The molecule has 3 rings (SSSR count). The Morgan fingerprint density at radius 2 is 1.83 bits per heavy atom. The molecule has 0 bridgehead atoms. The Labute approximate surface area is 107 Å². The van der Waals surface area contributed by atoms with E-state index in [1.807, 2.05) is 31.3 Å². The van der Waals surface area contributed by atoms with Crippen molar-refractivity contribution < 1.29 is 9.90 Å². The molecule has 1 saturated carbocycles. The zero-order chi connectivity index (χ0) is 12.8. The first-order chi connectivity index (χ1) is 8.58. The first-order valence-corrected chi connectivity index (χ1v) is 6.40. The molecule has 96 valence electrons. The lowest BCUT2D eigenvalue weighted by molar-refractivity contribution is -0.129. The molecule has 1 aromatic rings. The Balaban J connectivity index is 1.75. The van der Waals surface area contributed by atoms with Crippen molar-refractivity contribution in [1.29, 1.82) is 0 Å². The highest BCUT2D eigenvalue weighted by molar-refractivity contribution is 5.82. The third-order valence-corrected chi connectivity index (χ3v) is 3.95. The van der Waals surface area contributed by atoms with E-state index >= 15 is 0 Å². The van der Waals surface area contributed by atoms with Crippen molar-refractivity contribution in [2.24, 2.45) is 0 Å². The van der Waals surface area contributed by atoms with Gasteiger partial charge in [-0.1, -0.05) is 12.1 Å². The summed E-state index contributed by atoms with van der Waals surface area (Å²) in [4.78, 5) is 15.5. The molecule has 1 aliphatic carbocycles. The molecule has 2 fully saturated rings. The Hall–Kier alpha value is -1.55. The molecule has 2 aliphatic rings. The maximum absolute atomic E-state index is 11.7. The molecule has 4 heteroatoms. The number of amides is 1. The molecule has 0 atom stereocenters. The molecule has 1 aliphatic heterocycles. The van der Waals surface area contributed by atoms with E-state index in [0.717, 1.165) is 37.2 Å². The zero-order valence-electron chi connectivity index (χ0n) is 10.6. The monoisotopic (exact) mass is 246 g/mol. The lowest BCUT2D eigenvalue weighted by Crippen LogP contribution is -2.48. The summed E-state index contributed by atoms with van der Waals surface area (Å²) in [6.07, 6.45) is 1.72. The topological polar surface area (TPSA) is 43.8 Å². The number of carbonyl (C=O) groups is 1. The summed E-state index contributed by atoms with van der Waals surface area (Å²) in [5.74, 6) is 0.158. The fraction of sp³-hybridized carbons (Fsp3) is 0.500. The molecular weight excluding hydrogens is 228 g/mol. The number of aliphatic hydroxyl groups is 1. The van der Waals surface area contributed by atoms with Gasteiger partial charge in [0.25, 0.3) is 0 Å². The van der Waals surface area contributed by atoms with Crippen LogP contribution in [0, 0.1) is 0 Å². The van der Waals surface area contributed by atoms with Gasteiger partial charge in [-0.05, 0) is 30.5 Å². The molecule has 1 aromatic carbocycles. The van der Waals surface area contributed by atoms with E-state index in [-0.39, 0.29) is 5.91 Å². The fourth-order valence-electron chi connectivity index (χ4n) is 2.37. The maximum Gasteiger partial charge on any atom is 0.241 e. The van der Waals surface area contributed by atoms with Crippen molar-refractivity contribution in [2.45, 2.75) is 18.4 Å². The van der Waals surface area contributed by atoms with Crippen molar-refractivity contribution in [3.63, 3.8) is 0 Å². The molecule has 1 heterocycles. The molecule has 0 spiro atoms. The van der Waals surface area contributed by atoms with Gasteiger partial charge >= 0.3 is 0 Å². The number of hydrogen-bond acceptors (Lipinski definition) is 3. The summed E-state index contributed by atoms with van der Waals surface area (Å²) in [7, 11) is 1.84. The van der Waals surface area contributed by atoms with Crippen LogP contribution in [-0.4, -0.2) is 42.6 Å². The molecule has 1 N–H and O–H groups in total. The van der Waals surface area contributed by atoms with Crippen LogP contribution in [0.2, 0.25) is 0 Å². The molecule has 0 aromatic heterocycles. The van der Waals surface area contributed by atoms with Crippen LogP contribution < -0.4 is 4.90 Å². The molecule has 0 unspecified atom stereocenters. The van der Waals surface area contributed by atoms with E-state index in [9.17, 15) is 9.90 Å². The zero-order valence-corrected chi connectivity index (χ0v) is 10.6. The minimum absolute atomic E-state index is 0.158. The van der Waals surface area contributed by atoms with Crippen LogP contribution >= 0.6 is 0 Å². The van der Waals surface area contributed by atoms with E-state index in [2.05, 4.69) is 4.90 Å². The van der Waals surface area contributed by atoms with Gasteiger partial charge < -0.3 is 14.9 Å². The van der Waals surface area contributed by atoms with Gasteiger partial charge in [0.1, 0.15) is 0 Å². The first-order valence-electron chi connectivity index (χ1n) is 6.40. The van der Waals surface area contributed by atoms with Gasteiger partial charge in [0, 0.05) is 25.8 Å². The maximum atomic E-state index is 11.7. The summed E-state index contributed by atoms with van der Waals surface area (Å²) in [5, 5.41) is 10.0. The second-order valence-electron chi connectivity index (χ2n) is 5.32. The second kappa shape index (κ2) is 3.99. The van der Waals surface area contributed by atoms with Crippen LogP contribution in [0.25, 0.3) is 0 Å². The second-order valence-corrected chi connectivity index (χ2v) is 5.32. The van der Waals surface area contributed by atoms with Gasteiger partial charge in [0.05, 0.1) is 12.1 Å². The number of anilines is 1. The molecule has 4 nitrogen and oxygen atoms in total. The van der Waals surface area contributed by atoms with Crippen LogP contribution in [0.4, 0.5) is 5.69 Å². The van der Waals surface area contributed by atoms with Crippen molar-refractivity contribution in [2.75, 3.05) is 31.6 Å². The van der Waals surface area contributed by atoms with Crippen LogP contribution in [0.3, 0.4) is 0 Å². The van der Waals surface area contributed by atoms with Crippen LogP contribution in [0.1, 0.15) is 18.4 Å². The SMILES string of the molecule is CN1CCN(c2ccc(C3(O)CC3)cc2)CC1=O. The number of benzene rings is 1. The van der Waals surface area contributed by atoms with Gasteiger partial charge in [0.2, 0.25) is 5.91 Å². The normalized spacial score (nSPS) is 22.2. The molecule has 18 heavy (non-hydrogen) atoms. The molecule has 1 amide bonds. The third-order valence-electron chi connectivity index (χ3n) is 3.95. The summed E-state index contributed by atoms with van der Waals surface area (Å²) in [5.41, 5.74) is 1.48. The molecular formula is C14H18N2O2. The fourth-order valence-corrected chi connectivity index (χ4v) is 2.37. The van der Waals surface area contributed by atoms with Crippen LogP contribution in [0.15, 0.2) is 24.3 Å².